The number of likely N-dealkylation sites (tertiary alicyclic amines) is 1. The molecule has 1 heterocycles. The lowest BCUT2D eigenvalue weighted by atomic mass is 9.76. The highest BCUT2D eigenvalue weighted by Gasteiger charge is 2.33. The van der Waals surface area contributed by atoms with E-state index in [-0.39, 0.29) is 29.2 Å². The number of esters is 1. The molecule has 0 saturated carbocycles. The Morgan fingerprint density at radius 3 is 2.14 bits per heavy atom. The average molecular weight is 320 g/mol. The van der Waals surface area contributed by atoms with Gasteiger partial charge in [0.2, 0.25) is 0 Å². The van der Waals surface area contributed by atoms with Crippen LogP contribution in [0.3, 0.4) is 0 Å². The van der Waals surface area contributed by atoms with Crippen LogP contribution in [0.15, 0.2) is 0 Å². The van der Waals surface area contributed by atoms with Crippen LogP contribution in [0.5, 0.6) is 0 Å². The standard InChI is InChI=1S/C17H33NO2.ClH/c1-16(2,3)14-17(4,5)15(19)20-13-9-12-18-10-7-6-8-11-18;/h6-14H2,1-5H3;1H. The normalized spacial score (nSPS) is 17.2. The highest BCUT2D eigenvalue weighted by atomic mass is 35.5. The fraction of sp³-hybridized carbons (Fsp3) is 0.941. The summed E-state index contributed by atoms with van der Waals surface area (Å²) in [6.45, 7) is 14.5. The Bertz CT molecular complexity index is 304. The molecule has 1 aliphatic heterocycles. The lowest BCUT2D eigenvalue weighted by Crippen LogP contribution is -2.33. The predicted molar refractivity (Wildman–Crippen MR) is 91.0 cm³/mol. The largest absolute Gasteiger partial charge is 0.465 e. The van der Waals surface area contributed by atoms with Crippen LogP contribution in [0.25, 0.3) is 0 Å². The quantitative estimate of drug-likeness (QED) is 0.540. The molecule has 0 aliphatic carbocycles. The van der Waals surface area contributed by atoms with Gasteiger partial charge >= 0.3 is 5.97 Å². The van der Waals surface area contributed by atoms with Gasteiger partial charge in [-0.15, -0.1) is 12.4 Å². The minimum Gasteiger partial charge on any atom is -0.465 e. The summed E-state index contributed by atoms with van der Waals surface area (Å²) in [4.78, 5) is 14.6. The van der Waals surface area contributed by atoms with E-state index < -0.39 is 0 Å². The maximum Gasteiger partial charge on any atom is 0.311 e. The van der Waals surface area contributed by atoms with Crippen molar-refractivity contribution in [2.75, 3.05) is 26.2 Å². The van der Waals surface area contributed by atoms with Crippen LogP contribution in [0.2, 0.25) is 0 Å². The van der Waals surface area contributed by atoms with Crippen LogP contribution in [-0.2, 0) is 9.53 Å². The summed E-state index contributed by atoms with van der Waals surface area (Å²) in [5, 5.41) is 0. The molecule has 0 spiro atoms. The highest BCUT2D eigenvalue weighted by molar-refractivity contribution is 5.85. The molecule has 21 heavy (non-hydrogen) atoms. The first kappa shape index (κ1) is 20.7. The summed E-state index contributed by atoms with van der Waals surface area (Å²) >= 11 is 0. The van der Waals surface area contributed by atoms with Crippen molar-refractivity contribution < 1.29 is 9.53 Å². The van der Waals surface area contributed by atoms with E-state index in [0.29, 0.717) is 6.61 Å². The van der Waals surface area contributed by atoms with Crippen molar-refractivity contribution in [1.82, 2.24) is 4.90 Å². The molecule has 0 aromatic heterocycles. The topological polar surface area (TPSA) is 29.5 Å². The molecule has 3 nitrogen and oxygen atoms in total. The van der Waals surface area contributed by atoms with Crippen molar-refractivity contribution in [2.24, 2.45) is 10.8 Å². The third-order valence-electron chi connectivity index (χ3n) is 3.83. The SMILES string of the molecule is CC(C)(C)CC(C)(C)C(=O)OCCCN1CCCCC1.Cl. The molecule has 0 unspecified atom stereocenters. The van der Waals surface area contributed by atoms with Crippen molar-refractivity contribution in [3.63, 3.8) is 0 Å². The smallest absolute Gasteiger partial charge is 0.311 e. The Morgan fingerprint density at radius 1 is 1.05 bits per heavy atom. The second-order valence-electron chi connectivity index (χ2n) is 8.01. The third-order valence-corrected chi connectivity index (χ3v) is 3.83. The Labute approximate surface area is 137 Å². The van der Waals surface area contributed by atoms with E-state index in [1.807, 2.05) is 13.8 Å². The van der Waals surface area contributed by atoms with Crippen LogP contribution in [0.1, 0.15) is 66.7 Å². The zero-order valence-corrected chi connectivity index (χ0v) is 15.4. The first-order valence-electron chi connectivity index (χ1n) is 8.10. The summed E-state index contributed by atoms with van der Waals surface area (Å²) < 4.78 is 5.48. The fourth-order valence-corrected chi connectivity index (χ4v) is 3.23. The number of halogens is 1. The van der Waals surface area contributed by atoms with Gasteiger partial charge in [0.15, 0.2) is 0 Å². The van der Waals surface area contributed by atoms with Crippen LogP contribution in [-0.4, -0.2) is 37.1 Å². The van der Waals surface area contributed by atoms with Crippen molar-refractivity contribution >= 4 is 18.4 Å². The van der Waals surface area contributed by atoms with E-state index in [1.165, 1.54) is 32.4 Å². The Kier molecular flexibility index (Phi) is 8.87. The van der Waals surface area contributed by atoms with Gasteiger partial charge in [0.25, 0.3) is 0 Å². The number of piperidine rings is 1. The summed E-state index contributed by atoms with van der Waals surface area (Å²) in [6.07, 6.45) is 5.81. The molecule has 1 saturated heterocycles. The molecular weight excluding hydrogens is 286 g/mol. The second-order valence-corrected chi connectivity index (χ2v) is 8.01. The van der Waals surface area contributed by atoms with E-state index in [4.69, 9.17) is 4.74 Å². The molecule has 1 rings (SSSR count). The van der Waals surface area contributed by atoms with Crippen LogP contribution in [0, 0.1) is 10.8 Å². The number of hydrogen-bond donors (Lipinski definition) is 0. The van der Waals surface area contributed by atoms with E-state index in [0.717, 1.165) is 19.4 Å². The van der Waals surface area contributed by atoms with Crippen LogP contribution in [0.4, 0.5) is 0 Å². The second kappa shape index (κ2) is 8.99. The Balaban J connectivity index is 0.00000400. The van der Waals surface area contributed by atoms with Crippen LogP contribution >= 0.6 is 12.4 Å². The number of carbonyl (C=O) groups excluding carboxylic acids is 1. The van der Waals surface area contributed by atoms with Gasteiger partial charge in [-0.2, -0.15) is 0 Å². The number of hydrogen-bond acceptors (Lipinski definition) is 3. The maximum absolute atomic E-state index is 12.2. The van der Waals surface area contributed by atoms with E-state index in [2.05, 4.69) is 25.7 Å². The molecule has 0 amide bonds. The zero-order chi connectivity index (χ0) is 15.2. The predicted octanol–water partition coefficient (Wildman–Crippen LogP) is 4.29. The molecule has 0 N–H and O–H groups in total. The lowest BCUT2D eigenvalue weighted by molar-refractivity contribution is -0.155. The zero-order valence-electron chi connectivity index (χ0n) is 14.5. The number of ether oxygens (including phenoxy) is 1. The number of carbonyl (C=O) groups is 1. The monoisotopic (exact) mass is 319 g/mol. The Morgan fingerprint density at radius 2 is 1.62 bits per heavy atom. The molecule has 0 aromatic carbocycles. The molecule has 1 aliphatic rings. The van der Waals surface area contributed by atoms with Crippen molar-refractivity contribution in [2.45, 2.75) is 66.7 Å². The Hall–Kier alpha value is -0.280. The van der Waals surface area contributed by atoms with Gasteiger partial charge in [0, 0.05) is 6.54 Å². The molecule has 1 fully saturated rings. The van der Waals surface area contributed by atoms with E-state index in [9.17, 15) is 4.79 Å². The van der Waals surface area contributed by atoms with Gasteiger partial charge in [-0.3, -0.25) is 4.79 Å². The van der Waals surface area contributed by atoms with Crippen molar-refractivity contribution in [1.29, 1.82) is 0 Å². The van der Waals surface area contributed by atoms with Gasteiger partial charge in [0.05, 0.1) is 12.0 Å². The van der Waals surface area contributed by atoms with Gasteiger partial charge in [-0.1, -0.05) is 27.2 Å². The molecular formula is C17H34ClNO2. The number of nitrogens with zero attached hydrogens (tertiary/aromatic N) is 1. The average Bonchev–Trinajstić information content (AvgIpc) is 2.32. The van der Waals surface area contributed by atoms with E-state index >= 15 is 0 Å². The fourth-order valence-electron chi connectivity index (χ4n) is 3.23. The van der Waals surface area contributed by atoms with Crippen molar-refractivity contribution in [3.05, 3.63) is 0 Å². The maximum atomic E-state index is 12.2. The molecule has 0 radical (unpaired) electrons. The molecule has 0 atom stereocenters. The summed E-state index contributed by atoms with van der Waals surface area (Å²) in [7, 11) is 0. The van der Waals surface area contributed by atoms with Gasteiger partial charge < -0.3 is 9.64 Å². The minimum absolute atomic E-state index is 0. The third kappa shape index (κ3) is 8.67. The minimum atomic E-state index is -0.386. The van der Waals surface area contributed by atoms with E-state index in [1.54, 1.807) is 0 Å². The molecule has 0 aromatic rings. The van der Waals surface area contributed by atoms with Crippen LogP contribution < -0.4 is 0 Å². The molecule has 0 bridgehead atoms. The molecule has 4 heteroatoms. The molecule has 126 valence electrons. The van der Waals surface area contributed by atoms with Gasteiger partial charge in [0.1, 0.15) is 0 Å². The lowest BCUT2D eigenvalue weighted by Gasteiger charge is -2.30. The van der Waals surface area contributed by atoms with Gasteiger partial charge in [-0.05, 0) is 58.0 Å². The summed E-state index contributed by atoms with van der Waals surface area (Å²) in [5.74, 6) is -0.0499. The summed E-state index contributed by atoms with van der Waals surface area (Å²) in [6, 6.07) is 0. The first-order valence-corrected chi connectivity index (χ1v) is 8.10. The highest BCUT2D eigenvalue weighted by Crippen LogP contribution is 2.34. The summed E-state index contributed by atoms with van der Waals surface area (Å²) in [5.41, 5.74) is -0.236. The van der Waals surface area contributed by atoms with Crippen molar-refractivity contribution in [3.8, 4) is 0 Å². The van der Waals surface area contributed by atoms with Gasteiger partial charge in [-0.25, -0.2) is 0 Å². The first-order chi connectivity index (χ1) is 9.21. The number of rotatable bonds is 6.